The highest BCUT2D eigenvalue weighted by molar-refractivity contribution is 5.66. The van der Waals surface area contributed by atoms with E-state index in [0.717, 1.165) is 62.6 Å². The number of anilines is 1. The normalized spacial score (nSPS) is 14.6. The van der Waals surface area contributed by atoms with E-state index in [1.54, 1.807) is 0 Å². The average Bonchev–Trinajstić information content (AvgIpc) is 2.78. The highest BCUT2D eigenvalue weighted by Crippen LogP contribution is 2.22. The van der Waals surface area contributed by atoms with Gasteiger partial charge in [0.15, 0.2) is 0 Å². The third kappa shape index (κ3) is 6.73. The van der Waals surface area contributed by atoms with Crippen LogP contribution in [0.25, 0.3) is 0 Å². The number of hydrogen-bond acceptors (Lipinski definition) is 4. The van der Waals surface area contributed by atoms with Gasteiger partial charge in [-0.05, 0) is 43.0 Å². The number of rotatable bonds is 11. The number of alkyl halides is 1. The average molecular weight is 415 g/mol. The lowest BCUT2D eigenvalue weighted by atomic mass is 10.1. The van der Waals surface area contributed by atoms with E-state index in [1.165, 1.54) is 5.56 Å². The maximum Gasteiger partial charge on any atom is 0.303 e. The van der Waals surface area contributed by atoms with Gasteiger partial charge in [0.2, 0.25) is 0 Å². The molecule has 2 aromatic rings. The first-order valence-corrected chi connectivity index (χ1v) is 10.7. The number of piperazine rings is 1. The van der Waals surface area contributed by atoms with Gasteiger partial charge in [-0.25, -0.2) is 4.39 Å². The maximum atomic E-state index is 13.2. The molecule has 0 atom stereocenters. The van der Waals surface area contributed by atoms with Gasteiger partial charge in [-0.2, -0.15) is 0 Å². The quantitative estimate of drug-likeness (QED) is 0.560. The largest absolute Gasteiger partial charge is 0.492 e. The summed E-state index contributed by atoms with van der Waals surface area (Å²) >= 11 is 0. The van der Waals surface area contributed by atoms with Crippen molar-refractivity contribution in [3.05, 3.63) is 59.7 Å². The van der Waals surface area contributed by atoms with E-state index in [9.17, 15) is 9.18 Å². The van der Waals surface area contributed by atoms with Crippen LogP contribution >= 0.6 is 0 Å². The molecule has 2 aromatic carbocycles. The van der Waals surface area contributed by atoms with Gasteiger partial charge >= 0.3 is 5.97 Å². The number of carboxylic acids is 1. The summed E-state index contributed by atoms with van der Waals surface area (Å²) in [6.45, 7) is 4.76. The van der Waals surface area contributed by atoms with Gasteiger partial charge in [-0.15, -0.1) is 0 Å². The molecule has 1 fully saturated rings. The first-order chi connectivity index (χ1) is 14.7. The van der Waals surface area contributed by atoms with Crippen LogP contribution in [0, 0.1) is 0 Å². The second-order valence-electron chi connectivity index (χ2n) is 7.68. The van der Waals surface area contributed by atoms with Gasteiger partial charge in [0, 0.05) is 50.4 Å². The molecule has 0 bridgehead atoms. The standard InChI is InChI=1S/C24H31FN2O3/c25-19-21-6-2-3-7-23(21)27-15-13-26(14-16-27)17-18-30-22-11-9-20(10-12-22)5-1-4-8-24(28)29/h2-3,6-7,9-12H,1,4-5,8,13-19H2,(H,28,29). The molecular weight excluding hydrogens is 383 g/mol. The number of para-hydroxylation sites is 1. The summed E-state index contributed by atoms with van der Waals surface area (Å²) in [5.41, 5.74) is 2.98. The molecule has 1 aliphatic heterocycles. The number of benzene rings is 2. The molecule has 1 heterocycles. The van der Waals surface area contributed by atoms with Gasteiger partial charge in [0.1, 0.15) is 19.0 Å². The van der Waals surface area contributed by atoms with E-state index in [-0.39, 0.29) is 6.42 Å². The van der Waals surface area contributed by atoms with Gasteiger partial charge in [-0.1, -0.05) is 30.3 Å². The number of unbranched alkanes of at least 4 members (excludes halogenated alkanes) is 1. The molecule has 0 spiro atoms. The zero-order chi connectivity index (χ0) is 21.2. The fourth-order valence-electron chi connectivity index (χ4n) is 3.79. The Bertz CT molecular complexity index is 789. The molecule has 1 N–H and O–H groups in total. The fraction of sp³-hybridized carbons (Fsp3) is 0.458. The van der Waals surface area contributed by atoms with Crippen molar-refractivity contribution >= 4 is 11.7 Å². The van der Waals surface area contributed by atoms with Gasteiger partial charge in [0.25, 0.3) is 0 Å². The number of hydrogen-bond donors (Lipinski definition) is 1. The highest BCUT2D eigenvalue weighted by Gasteiger charge is 2.18. The second-order valence-corrected chi connectivity index (χ2v) is 7.68. The Hall–Kier alpha value is -2.60. The third-order valence-corrected chi connectivity index (χ3v) is 5.55. The van der Waals surface area contributed by atoms with Crippen molar-refractivity contribution in [2.75, 3.05) is 44.2 Å². The lowest BCUT2D eigenvalue weighted by Gasteiger charge is -2.36. The van der Waals surface area contributed by atoms with Crippen LogP contribution in [0.5, 0.6) is 5.75 Å². The zero-order valence-corrected chi connectivity index (χ0v) is 17.4. The topological polar surface area (TPSA) is 53.0 Å². The molecule has 0 saturated carbocycles. The zero-order valence-electron chi connectivity index (χ0n) is 17.4. The van der Waals surface area contributed by atoms with Crippen LogP contribution in [0.4, 0.5) is 10.1 Å². The Kier molecular flexibility index (Phi) is 8.51. The molecule has 0 aromatic heterocycles. The Morgan fingerprint density at radius 1 is 1.00 bits per heavy atom. The molecule has 6 heteroatoms. The van der Waals surface area contributed by atoms with Crippen molar-refractivity contribution < 1.29 is 19.0 Å². The minimum absolute atomic E-state index is 0.234. The van der Waals surface area contributed by atoms with Crippen molar-refractivity contribution in [1.29, 1.82) is 0 Å². The summed E-state index contributed by atoms with van der Waals surface area (Å²) in [4.78, 5) is 15.2. The molecule has 162 valence electrons. The summed E-state index contributed by atoms with van der Waals surface area (Å²) in [5, 5.41) is 8.67. The van der Waals surface area contributed by atoms with Crippen LogP contribution in [0.1, 0.15) is 30.4 Å². The molecule has 0 amide bonds. The van der Waals surface area contributed by atoms with E-state index in [2.05, 4.69) is 21.9 Å². The van der Waals surface area contributed by atoms with Gasteiger partial charge in [-0.3, -0.25) is 9.69 Å². The molecule has 3 rings (SSSR count). The second kappa shape index (κ2) is 11.6. The van der Waals surface area contributed by atoms with E-state index >= 15 is 0 Å². The van der Waals surface area contributed by atoms with Gasteiger partial charge in [0.05, 0.1) is 0 Å². The van der Waals surface area contributed by atoms with Crippen LogP contribution in [0.15, 0.2) is 48.5 Å². The first-order valence-electron chi connectivity index (χ1n) is 10.7. The van der Waals surface area contributed by atoms with E-state index in [1.807, 2.05) is 36.4 Å². The number of aryl methyl sites for hydroxylation is 1. The number of halogens is 1. The van der Waals surface area contributed by atoms with Gasteiger partial charge < -0.3 is 14.7 Å². The Morgan fingerprint density at radius 3 is 2.43 bits per heavy atom. The number of carboxylic acid groups (broad SMARTS) is 1. The molecule has 30 heavy (non-hydrogen) atoms. The fourth-order valence-corrected chi connectivity index (χ4v) is 3.79. The van der Waals surface area contributed by atoms with Crippen LogP contribution in [-0.4, -0.2) is 55.3 Å². The van der Waals surface area contributed by atoms with Crippen molar-refractivity contribution in [3.63, 3.8) is 0 Å². The number of aliphatic carboxylic acids is 1. The smallest absolute Gasteiger partial charge is 0.303 e. The highest BCUT2D eigenvalue weighted by atomic mass is 19.1. The summed E-state index contributed by atoms with van der Waals surface area (Å²) in [6, 6.07) is 15.8. The number of carbonyl (C=O) groups is 1. The predicted molar refractivity (Wildman–Crippen MR) is 117 cm³/mol. The van der Waals surface area contributed by atoms with E-state index < -0.39 is 12.6 Å². The van der Waals surface area contributed by atoms with E-state index in [0.29, 0.717) is 13.0 Å². The SMILES string of the molecule is O=C(O)CCCCc1ccc(OCCN2CCN(c3ccccc3CF)CC2)cc1. The summed E-state index contributed by atoms with van der Waals surface area (Å²) in [5.74, 6) is 0.129. The molecule has 0 unspecified atom stereocenters. The Labute approximate surface area is 178 Å². The molecule has 5 nitrogen and oxygen atoms in total. The molecule has 0 aliphatic carbocycles. The summed E-state index contributed by atoms with van der Waals surface area (Å²) < 4.78 is 19.1. The Morgan fingerprint density at radius 2 is 1.73 bits per heavy atom. The lowest BCUT2D eigenvalue weighted by molar-refractivity contribution is -0.137. The van der Waals surface area contributed by atoms with Crippen molar-refractivity contribution in [2.24, 2.45) is 0 Å². The van der Waals surface area contributed by atoms with Crippen LogP contribution < -0.4 is 9.64 Å². The lowest BCUT2D eigenvalue weighted by Crippen LogP contribution is -2.47. The third-order valence-electron chi connectivity index (χ3n) is 5.55. The predicted octanol–water partition coefficient (Wildman–Crippen LogP) is 4.15. The van der Waals surface area contributed by atoms with Crippen molar-refractivity contribution in [2.45, 2.75) is 32.4 Å². The van der Waals surface area contributed by atoms with Crippen molar-refractivity contribution in [1.82, 2.24) is 4.90 Å². The van der Waals surface area contributed by atoms with Crippen LogP contribution in [0.3, 0.4) is 0 Å². The summed E-state index contributed by atoms with van der Waals surface area (Å²) in [7, 11) is 0. The molecule has 0 radical (unpaired) electrons. The molecule has 1 saturated heterocycles. The monoisotopic (exact) mass is 414 g/mol. The van der Waals surface area contributed by atoms with E-state index in [4.69, 9.17) is 9.84 Å². The molecular formula is C24H31FN2O3. The Balaban J connectivity index is 1.35. The minimum atomic E-state index is -0.732. The van der Waals surface area contributed by atoms with Crippen molar-refractivity contribution in [3.8, 4) is 5.75 Å². The summed E-state index contributed by atoms with van der Waals surface area (Å²) in [6.07, 6.45) is 2.72. The number of nitrogens with zero attached hydrogens (tertiary/aromatic N) is 2. The molecule has 1 aliphatic rings. The first kappa shape index (κ1) is 22.1. The van der Waals surface area contributed by atoms with Crippen LogP contribution in [-0.2, 0) is 17.9 Å². The minimum Gasteiger partial charge on any atom is -0.492 e. The maximum absolute atomic E-state index is 13.2. The number of ether oxygens (including phenoxy) is 1. The van der Waals surface area contributed by atoms with Crippen LogP contribution in [0.2, 0.25) is 0 Å².